The maximum atomic E-state index is 11.1. The molecule has 7 nitrogen and oxygen atoms in total. The molecule has 128 valence electrons. The predicted octanol–water partition coefficient (Wildman–Crippen LogP) is 3.07. The van der Waals surface area contributed by atoms with Gasteiger partial charge in [-0.25, -0.2) is 4.98 Å². The van der Waals surface area contributed by atoms with E-state index in [4.69, 9.17) is 15.0 Å². The maximum absolute atomic E-state index is 11.1. The fourth-order valence-corrected chi connectivity index (χ4v) is 2.53. The molecular weight excluding hydrogens is 320 g/mol. The zero-order valence-corrected chi connectivity index (χ0v) is 14.0. The lowest BCUT2D eigenvalue weighted by atomic mass is 10.0. The van der Waals surface area contributed by atoms with Crippen LogP contribution in [0.15, 0.2) is 47.2 Å². The van der Waals surface area contributed by atoms with Gasteiger partial charge in [0, 0.05) is 18.5 Å². The molecule has 0 spiro atoms. The lowest BCUT2D eigenvalue weighted by Gasteiger charge is -2.17. The van der Waals surface area contributed by atoms with Crippen molar-refractivity contribution in [2.45, 2.75) is 26.4 Å². The number of nitrogens with zero attached hydrogens (tertiary/aromatic N) is 3. The van der Waals surface area contributed by atoms with Gasteiger partial charge >= 0.3 is 0 Å². The molecule has 0 fully saturated rings. The summed E-state index contributed by atoms with van der Waals surface area (Å²) in [6.07, 6.45) is 3.47. The van der Waals surface area contributed by atoms with E-state index >= 15 is 0 Å². The summed E-state index contributed by atoms with van der Waals surface area (Å²) >= 11 is 0. The maximum Gasteiger partial charge on any atom is 0.250 e. The first-order chi connectivity index (χ1) is 12.1. The second-order valence-electron chi connectivity index (χ2n) is 5.48. The van der Waals surface area contributed by atoms with Crippen LogP contribution in [-0.4, -0.2) is 21.0 Å². The molecular formula is C18H18N4O3. The Kier molecular flexibility index (Phi) is 4.74. The fraction of sp³-hybridized carbons (Fsp3) is 0.222. The number of hydrogen-bond acceptors (Lipinski definition) is 6. The molecule has 1 amide bonds. The van der Waals surface area contributed by atoms with Crippen molar-refractivity contribution in [2.24, 2.45) is 5.73 Å². The smallest absolute Gasteiger partial charge is 0.250 e. The third-order valence-electron chi connectivity index (χ3n) is 3.79. The Bertz CT molecular complexity index is 860. The third kappa shape index (κ3) is 3.50. The second kappa shape index (κ2) is 7.12. The van der Waals surface area contributed by atoms with Crippen LogP contribution >= 0.6 is 0 Å². The van der Waals surface area contributed by atoms with Crippen molar-refractivity contribution in [3.8, 4) is 17.3 Å². The van der Waals surface area contributed by atoms with Crippen molar-refractivity contribution >= 4 is 5.91 Å². The first-order valence-corrected chi connectivity index (χ1v) is 7.90. The van der Waals surface area contributed by atoms with Crippen LogP contribution in [0.3, 0.4) is 0 Å². The number of carbonyl (C=O) groups excluding carboxylic acids is 1. The van der Waals surface area contributed by atoms with Gasteiger partial charge < -0.3 is 15.0 Å². The molecule has 0 aliphatic carbocycles. The van der Waals surface area contributed by atoms with E-state index in [1.807, 2.05) is 32.0 Å². The minimum Gasteiger partial charge on any atom is -0.469 e. The number of ether oxygens (including phenoxy) is 1. The van der Waals surface area contributed by atoms with Gasteiger partial charge in [-0.15, -0.1) is 0 Å². The van der Waals surface area contributed by atoms with Crippen molar-refractivity contribution in [1.82, 2.24) is 15.1 Å². The normalized spacial score (nSPS) is 11.9. The number of carbonyl (C=O) groups is 1. The Morgan fingerprint density at radius 1 is 1.28 bits per heavy atom. The number of nitrogens with two attached hydrogens (primary N) is 1. The van der Waals surface area contributed by atoms with E-state index in [1.54, 1.807) is 18.3 Å². The van der Waals surface area contributed by atoms with Crippen molar-refractivity contribution in [2.75, 3.05) is 0 Å². The largest absolute Gasteiger partial charge is 0.469 e. The molecule has 3 rings (SSSR count). The van der Waals surface area contributed by atoms with Gasteiger partial charge in [0.2, 0.25) is 11.8 Å². The summed E-state index contributed by atoms with van der Waals surface area (Å²) in [7, 11) is 0. The number of pyridine rings is 2. The van der Waals surface area contributed by atoms with Gasteiger partial charge in [0.05, 0.1) is 16.8 Å². The SMILES string of the molecule is CCC(Oc1ccc(C(N)=O)cn1)c1c(-c2ccccn2)noc1C. The monoisotopic (exact) mass is 338 g/mol. The quantitative estimate of drug-likeness (QED) is 0.740. The molecule has 0 aromatic carbocycles. The topological polar surface area (TPSA) is 104 Å². The van der Waals surface area contributed by atoms with Crippen LogP contribution in [0.2, 0.25) is 0 Å². The van der Waals surface area contributed by atoms with Gasteiger partial charge in [0.15, 0.2) is 0 Å². The number of aryl methyl sites for hydroxylation is 1. The molecule has 0 saturated heterocycles. The van der Waals surface area contributed by atoms with Gasteiger partial charge in [0.1, 0.15) is 17.6 Å². The Balaban J connectivity index is 1.91. The Hall–Kier alpha value is -3.22. The fourth-order valence-electron chi connectivity index (χ4n) is 2.53. The van der Waals surface area contributed by atoms with Gasteiger partial charge in [-0.3, -0.25) is 9.78 Å². The lowest BCUT2D eigenvalue weighted by Crippen LogP contribution is -2.12. The average Bonchev–Trinajstić information content (AvgIpc) is 3.02. The molecule has 1 unspecified atom stereocenters. The van der Waals surface area contributed by atoms with E-state index in [2.05, 4.69) is 15.1 Å². The third-order valence-corrected chi connectivity index (χ3v) is 3.79. The van der Waals surface area contributed by atoms with Crippen molar-refractivity contribution < 1.29 is 14.1 Å². The van der Waals surface area contributed by atoms with Crippen molar-refractivity contribution in [3.05, 3.63) is 59.6 Å². The number of amides is 1. The first-order valence-electron chi connectivity index (χ1n) is 7.90. The van der Waals surface area contributed by atoms with E-state index in [0.717, 1.165) is 5.56 Å². The van der Waals surface area contributed by atoms with Crippen LogP contribution in [0.4, 0.5) is 0 Å². The number of aromatic nitrogens is 3. The zero-order chi connectivity index (χ0) is 17.8. The molecule has 0 aliphatic heterocycles. The summed E-state index contributed by atoms with van der Waals surface area (Å²) in [5.74, 6) is 0.532. The van der Waals surface area contributed by atoms with Crippen molar-refractivity contribution in [1.29, 1.82) is 0 Å². The Morgan fingerprint density at radius 2 is 2.12 bits per heavy atom. The van der Waals surface area contributed by atoms with Gasteiger partial charge in [0.25, 0.3) is 0 Å². The summed E-state index contributed by atoms with van der Waals surface area (Å²) < 4.78 is 11.4. The van der Waals surface area contributed by atoms with Crippen LogP contribution in [0.25, 0.3) is 11.4 Å². The standard InChI is InChI=1S/C18H18N4O3/c1-3-14(24-15-8-7-12(10-21-15)18(19)23)16-11(2)25-22-17(16)13-6-4-5-9-20-13/h4-10,14H,3H2,1-2H3,(H2,19,23). The summed E-state index contributed by atoms with van der Waals surface area (Å²) in [5.41, 5.74) is 7.76. The summed E-state index contributed by atoms with van der Waals surface area (Å²) in [6, 6.07) is 8.80. The van der Waals surface area contributed by atoms with Gasteiger partial charge in [-0.2, -0.15) is 0 Å². The highest BCUT2D eigenvalue weighted by molar-refractivity contribution is 5.92. The molecule has 0 radical (unpaired) electrons. The highest BCUT2D eigenvalue weighted by Gasteiger charge is 2.25. The van der Waals surface area contributed by atoms with Crippen LogP contribution in [0, 0.1) is 6.92 Å². The number of rotatable bonds is 6. The number of primary amides is 1. The van der Waals surface area contributed by atoms with Crippen LogP contribution in [-0.2, 0) is 0 Å². The predicted molar refractivity (Wildman–Crippen MR) is 90.9 cm³/mol. The minimum absolute atomic E-state index is 0.310. The van der Waals surface area contributed by atoms with Gasteiger partial charge in [-0.1, -0.05) is 18.1 Å². The molecule has 3 heterocycles. The average molecular weight is 338 g/mol. The van der Waals surface area contributed by atoms with Crippen LogP contribution < -0.4 is 10.5 Å². The van der Waals surface area contributed by atoms with Crippen LogP contribution in [0.5, 0.6) is 5.88 Å². The molecule has 3 aromatic heterocycles. The lowest BCUT2D eigenvalue weighted by molar-refractivity contribution is 0.0999. The van der Waals surface area contributed by atoms with Crippen molar-refractivity contribution in [3.63, 3.8) is 0 Å². The van der Waals surface area contributed by atoms with Crippen LogP contribution in [0.1, 0.15) is 41.1 Å². The Labute approximate surface area is 144 Å². The molecule has 3 aromatic rings. The molecule has 1 atom stereocenters. The summed E-state index contributed by atoms with van der Waals surface area (Å²) in [5, 5.41) is 4.13. The zero-order valence-electron chi connectivity index (χ0n) is 14.0. The molecule has 0 aliphatic rings. The molecule has 2 N–H and O–H groups in total. The van der Waals surface area contributed by atoms with E-state index < -0.39 is 5.91 Å². The van der Waals surface area contributed by atoms with E-state index in [-0.39, 0.29) is 6.10 Å². The minimum atomic E-state index is -0.529. The molecule has 0 saturated carbocycles. The van der Waals surface area contributed by atoms with E-state index in [0.29, 0.717) is 35.0 Å². The van der Waals surface area contributed by atoms with Gasteiger partial charge in [-0.05, 0) is 31.5 Å². The second-order valence-corrected chi connectivity index (χ2v) is 5.48. The highest BCUT2D eigenvalue weighted by Crippen LogP contribution is 2.33. The first kappa shape index (κ1) is 16.6. The molecule has 7 heteroatoms. The number of hydrogen-bond donors (Lipinski definition) is 1. The Morgan fingerprint density at radius 3 is 2.72 bits per heavy atom. The van der Waals surface area contributed by atoms with E-state index in [9.17, 15) is 4.79 Å². The van der Waals surface area contributed by atoms with E-state index in [1.165, 1.54) is 6.20 Å². The highest BCUT2D eigenvalue weighted by atomic mass is 16.5. The summed E-state index contributed by atoms with van der Waals surface area (Å²) in [4.78, 5) is 19.6. The molecule has 0 bridgehead atoms. The summed E-state index contributed by atoms with van der Waals surface area (Å²) in [6.45, 7) is 3.83. The molecule has 25 heavy (non-hydrogen) atoms.